The normalized spacial score (nSPS) is 26.3. The van der Waals surface area contributed by atoms with Gasteiger partial charge in [-0.15, -0.1) is 8.78 Å². The molecule has 1 N–H and O–H groups in total. The summed E-state index contributed by atoms with van der Waals surface area (Å²) >= 11 is 0. The Labute approximate surface area is 78.6 Å². The van der Waals surface area contributed by atoms with E-state index >= 15 is 0 Å². The van der Waals surface area contributed by atoms with Gasteiger partial charge in [-0.3, -0.25) is 0 Å². The molecule has 1 aromatic rings. The molecule has 1 saturated heterocycles. The maximum atomic E-state index is 12.7. The molecule has 2 aliphatic heterocycles. The average molecular weight is 199 g/mol. The van der Waals surface area contributed by atoms with E-state index in [4.69, 9.17) is 0 Å². The number of fused-ring (bicyclic) bond motifs is 1. The van der Waals surface area contributed by atoms with Crippen LogP contribution in [0, 0.1) is 0 Å². The van der Waals surface area contributed by atoms with Crippen LogP contribution >= 0.6 is 0 Å². The van der Waals surface area contributed by atoms with E-state index in [-0.39, 0.29) is 17.5 Å². The highest BCUT2D eigenvalue weighted by Crippen LogP contribution is 2.46. The topological polar surface area (TPSA) is 40.4 Å². The number of ether oxygens (including phenoxy) is 2. The molecule has 0 spiro atoms. The molecule has 1 fully saturated rings. The lowest BCUT2D eigenvalue weighted by atomic mass is 10.1. The van der Waals surface area contributed by atoms with Crippen LogP contribution in [0.25, 0.3) is 0 Å². The van der Waals surface area contributed by atoms with Gasteiger partial charge in [0.2, 0.25) is 0 Å². The van der Waals surface area contributed by atoms with Crippen LogP contribution in [0.5, 0.6) is 11.5 Å². The first-order valence-electron chi connectivity index (χ1n) is 4.28. The molecule has 74 valence electrons. The summed E-state index contributed by atoms with van der Waals surface area (Å²) in [5.41, 5.74) is 0.736. The van der Waals surface area contributed by atoms with E-state index in [1.54, 1.807) is 12.1 Å². The summed E-state index contributed by atoms with van der Waals surface area (Å²) in [5.74, 6) is 0.272. The monoisotopic (exact) mass is 199 g/mol. The van der Waals surface area contributed by atoms with Crippen molar-refractivity contribution in [1.82, 2.24) is 5.32 Å². The summed E-state index contributed by atoms with van der Waals surface area (Å²) in [7, 11) is 0. The number of rotatable bonds is 1. The van der Waals surface area contributed by atoms with Gasteiger partial charge in [0, 0.05) is 18.2 Å². The molecule has 3 rings (SSSR count). The minimum Gasteiger partial charge on any atom is -0.395 e. The van der Waals surface area contributed by atoms with E-state index in [0.717, 1.165) is 12.1 Å². The fourth-order valence-corrected chi connectivity index (χ4v) is 1.54. The second-order valence-electron chi connectivity index (χ2n) is 3.30. The van der Waals surface area contributed by atoms with Gasteiger partial charge in [-0.1, -0.05) is 12.1 Å². The summed E-state index contributed by atoms with van der Waals surface area (Å²) in [4.78, 5) is 0. The molecular weight excluding hydrogens is 192 g/mol. The highest BCUT2D eigenvalue weighted by Gasteiger charge is 2.45. The summed E-state index contributed by atoms with van der Waals surface area (Å²) < 4.78 is 34.2. The van der Waals surface area contributed by atoms with Gasteiger partial charge in [0.25, 0.3) is 0 Å². The SMILES string of the molecule is FC1(F)Oc2cccc([C@@H]3CN3)c2O1. The van der Waals surface area contributed by atoms with Crippen LogP contribution in [-0.2, 0) is 0 Å². The zero-order chi connectivity index (χ0) is 9.76. The van der Waals surface area contributed by atoms with Crippen molar-refractivity contribution in [3.05, 3.63) is 23.8 Å². The van der Waals surface area contributed by atoms with E-state index in [2.05, 4.69) is 14.8 Å². The van der Waals surface area contributed by atoms with Crippen molar-refractivity contribution in [2.24, 2.45) is 0 Å². The van der Waals surface area contributed by atoms with Crippen LogP contribution in [0.4, 0.5) is 8.78 Å². The first kappa shape index (κ1) is 7.99. The quantitative estimate of drug-likeness (QED) is 0.699. The van der Waals surface area contributed by atoms with E-state index in [1.807, 2.05) is 0 Å². The standard InChI is InChI=1S/C9H7F2NO2/c10-9(11)13-7-3-1-2-5(6-4-12-6)8(7)14-9/h1-3,6,12H,4H2/t6-/m0/s1. The highest BCUT2D eigenvalue weighted by atomic mass is 19.3. The first-order chi connectivity index (χ1) is 6.66. The largest absolute Gasteiger partial charge is 0.586 e. The molecule has 0 bridgehead atoms. The maximum absolute atomic E-state index is 12.7. The number of benzene rings is 1. The first-order valence-corrected chi connectivity index (χ1v) is 4.28. The Morgan fingerprint density at radius 1 is 1.36 bits per heavy atom. The molecule has 0 radical (unpaired) electrons. The van der Waals surface area contributed by atoms with Crippen molar-refractivity contribution < 1.29 is 18.3 Å². The number of alkyl halides is 2. The Hall–Kier alpha value is -1.36. The Kier molecular flexibility index (Phi) is 1.35. The van der Waals surface area contributed by atoms with Crippen LogP contribution in [0.3, 0.4) is 0 Å². The lowest BCUT2D eigenvalue weighted by Crippen LogP contribution is -2.26. The van der Waals surface area contributed by atoms with Crippen LogP contribution in [0.1, 0.15) is 11.6 Å². The molecule has 0 unspecified atom stereocenters. The Morgan fingerprint density at radius 2 is 2.14 bits per heavy atom. The average Bonchev–Trinajstić information content (AvgIpc) is 2.86. The zero-order valence-electron chi connectivity index (χ0n) is 7.09. The Morgan fingerprint density at radius 3 is 2.86 bits per heavy atom. The van der Waals surface area contributed by atoms with Crippen molar-refractivity contribution in [3.8, 4) is 11.5 Å². The molecule has 2 aliphatic rings. The summed E-state index contributed by atoms with van der Waals surface area (Å²) in [6.45, 7) is 0.797. The molecule has 2 heterocycles. The van der Waals surface area contributed by atoms with Gasteiger partial charge < -0.3 is 14.8 Å². The van der Waals surface area contributed by atoms with E-state index < -0.39 is 6.29 Å². The molecule has 14 heavy (non-hydrogen) atoms. The maximum Gasteiger partial charge on any atom is 0.586 e. The van der Waals surface area contributed by atoms with Crippen molar-refractivity contribution >= 4 is 0 Å². The van der Waals surface area contributed by atoms with Gasteiger partial charge >= 0.3 is 6.29 Å². The van der Waals surface area contributed by atoms with Crippen LogP contribution in [0.15, 0.2) is 18.2 Å². The van der Waals surface area contributed by atoms with Gasteiger partial charge in [0.05, 0.1) is 0 Å². The molecule has 0 amide bonds. The molecule has 1 atom stereocenters. The van der Waals surface area contributed by atoms with Crippen molar-refractivity contribution in [1.29, 1.82) is 0 Å². The Bertz CT molecular complexity index is 390. The molecule has 3 nitrogen and oxygen atoms in total. The fourth-order valence-electron chi connectivity index (χ4n) is 1.54. The molecule has 0 aliphatic carbocycles. The third-order valence-corrected chi connectivity index (χ3v) is 2.24. The van der Waals surface area contributed by atoms with Crippen LogP contribution in [-0.4, -0.2) is 12.8 Å². The fraction of sp³-hybridized carbons (Fsp3) is 0.333. The minimum absolute atomic E-state index is 0.112. The van der Waals surface area contributed by atoms with Gasteiger partial charge in [-0.25, -0.2) is 0 Å². The highest BCUT2D eigenvalue weighted by molar-refractivity contribution is 5.51. The Balaban J connectivity index is 2.06. The van der Waals surface area contributed by atoms with Crippen LogP contribution < -0.4 is 14.8 Å². The number of nitrogens with one attached hydrogen (secondary N) is 1. The van der Waals surface area contributed by atoms with E-state index in [1.165, 1.54) is 6.07 Å². The third-order valence-electron chi connectivity index (χ3n) is 2.24. The summed E-state index contributed by atoms with van der Waals surface area (Å²) in [6.07, 6.45) is -3.52. The van der Waals surface area contributed by atoms with Gasteiger partial charge in [-0.05, 0) is 6.07 Å². The molecular formula is C9H7F2NO2. The summed E-state index contributed by atoms with van der Waals surface area (Å²) in [6, 6.07) is 5.04. The molecule has 1 aromatic carbocycles. The number of halogens is 2. The second kappa shape index (κ2) is 2.36. The smallest absolute Gasteiger partial charge is 0.395 e. The molecule has 0 aromatic heterocycles. The summed E-state index contributed by atoms with van der Waals surface area (Å²) in [5, 5.41) is 3.03. The van der Waals surface area contributed by atoms with E-state index in [9.17, 15) is 8.78 Å². The molecule has 5 heteroatoms. The van der Waals surface area contributed by atoms with Gasteiger partial charge in [0.15, 0.2) is 11.5 Å². The minimum atomic E-state index is -3.52. The van der Waals surface area contributed by atoms with Crippen molar-refractivity contribution in [2.75, 3.05) is 6.54 Å². The number of para-hydroxylation sites is 1. The number of hydrogen-bond acceptors (Lipinski definition) is 3. The zero-order valence-corrected chi connectivity index (χ0v) is 7.09. The lowest BCUT2D eigenvalue weighted by Gasteiger charge is -2.05. The second-order valence-corrected chi connectivity index (χ2v) is 3.30. The predicted molar refractivity (Wildman–Crippen MR) is 43.4 cm³/mol. The van der Waals surface area contributed by atoms with Crippen molar-refractivity contribution in [2.45, 2.75) is 12.3 Å². The predicted octanol–water partition coefficient (Wildman–Crippen LogP) is 1.65. The van der Waals surface area contributed by atoms with Gasteiger partial charge in [-0.2, -0.15) is 0 Å². The van der Waals surface area contributed by atoms with Gasteiger partial charge in [0.1, 0.15) is 0 Å². The van der Waals surface area contributed by atoms with Crippen molar-refractivity contribution in [3.63, 3.8) is 0 Å². The third kappa shape index (κ3) is 1.13. The lowest BCUT2D eigenvalue weighted by molar-refractivity contribution is -0.286. The van der Waals surface area contributed by atoms with E-state index in [0.29, 0.717) is 0 Å². The molecule has 0 saturated carbocycles. The number of hydrogen-bond donors (Lipinski definition) is 1. The van der Waals surface area contributed by atoms with Crippen LogP contribution in [0.2, 0.25) is 0 Å².